The van der Waals surface area contributed by atoms with Crippen LogP contribution in [-0.2, 0) is 4.74 Å². The van der Waals surface area contributed by atoms with Crippen molar-refractivity contribution in [2.24, 2.45) is 0 Å². The normalized spacial score (nSPS) is 11.6. The van der Waals surface area contributed by atoms with Crippen LogP contribution < -0.4 is 4.74 Å². The maximum Gasteiger partial charge on any atom is 0.130 e. The van der Waals surface area contributed by atoms with Gasteiger partial charge in [-0.2, -0.15) is 0 Å². The summed E-state index contributed by atoms with van der Waals surface area (Å²) in [5, 5.41) is 11.2. The van der Waals surface area contributed by atoms with Crippen molar-refractivity contribution in [2.45, 2.75) is 13.3 Å². The number of benzene rings is 4. The summed E-state index contributed by atoms with van der Waals surface area (Å²) in [4.78, 5) is 0. The first-order chi connectivity index (χ1) is 18.7. The van der Waals surface area contributed by atoms with Crippen LogP contribution in [0.1, 0.15) is 46.7 Å². The minimum absolute atomic E-state index is 0.168. The van der Waals surface area contributed by atoms with Crippen LogP contribution >= 0.6 is 0 Å². The van der Waals surface area contributed by atoms with Gasteiger partial charge in [-0.05, 0) is 29.2 Å². The number of phenols is 1. The number of aromatic hydroxyl groups is 1. The fourth-order valence-corrected chi connectivity index (χ4v) is 4.06. The van der Waals surface area contributed by atoms with Crippen LogP contribution in [0, 0.1) is 0 Å². The Balaban J connectivity index is 1.81. The predicted octanol–water partition coefficient (Wildman–Crippen LogP) is 8.71. The first kappa shape index (κ1) is 26.7. The molecule has 38 heavy (non-hydrogen) atoms. The van der Waals surface area contributed by atoms with Crippen molar-refractivity contribution >= 4 is 36.5 Å². The van der Waals surface area contributed by atoms with Crippen LogP contribution in [0.3, 0.4) is 0 Å². The summed E-state index contributed by atoms with van der Waals surface area (Å²) in [6.07, 6.45) is 13.0. The molecule has 0 aliphatic rings. The zero-order chi connectivity index (χ0) is 26.4. The van der Waals surface area contributed by atoms with Gasteiger partial charge in [-0.3, -0.25) is 0 Å². The lowest BCUT2D eigenvalue weighted by atomic mass is 9.95. The highest BCUT2D eigenvalue weighted by Crippen LogP contribution is 2.37. The molecule has 0 saturated carbocycles. The van der Waals surface area contributed by atoms with Crippen LogP contribution in [-0.4, -0.2) is 24.9 Å². The Morgan fingerprint density at radius 1 is 0.579 bits per heavy atom. The molecule has 4 rings (SSSR count). The van der Waals surface area contributed by atoms with E-state index in [1.54, 1.807) is 6.07 Å². The summed E-state index contributed by atoms with van der Waals surface area (Å²) in [5.41, 5.74) is 5.74. The van der Waals surface area contributed by atoms with Crippen LogP contribution in [0.25, 0.3) is 36.5 Å². The number of ether oxygens (including phenoxy) is 2. The number of hydrogen-bond donors (Lipinski definition) is 1. The first-order valence-corrected chi connectivity index (χ1v) is 13.0. The van der Waals surface area contributed by atoms with E-state index in [1.807, 2.05) is 85.8 Å². The van der Waals surface area contributed by atoms with Gasteiger partial charge in [0.2, 0.25) is 0 Å². The smallest absolute Gasteiger partial charge is 0.130 e. The Morgan fingerprint density at radius 2 is 1.05 bits per heavy atom. The highest BCUT2D eigenvalue weighted by molar-refractivity contribution is 5.89. The van der Waals surface area contributed by atoms with Gasteiger partial charge in [-0.25, -0.2) is 0 Å². The average Bonchev–Trinajstić information content (AvgIpc) is 2.96. The molecular formula is C35H34O3. The van der Waals surface area contributed by atoms with Crippen LogP contribution in [0.2, 0.25) is 0 Å². The van der Waals surface area contributed by atoms with E-state index in [9.17, 15) is 5.11 Å². The lowest BCUT2D eigenvalue weighted by Gasteiger charge is -2.16. The molecule has 0 heterocycles. The third-order valence-electron chi connectivity index (χ3n) is 6.01. The van der Waals surface area contributed by atoms with E-state index >= 15 is 0 Å². The van der Waals surface area contributed by atoms with Gasteiger partial charge >= 0.3 is 0 Å². The Labute approximate surface area is 226 Å². The van der Waals surface area contributed by atoms with Gasteiger partial charge in [0.15, 0.2) is 0 Å². The molecule has 1 N–H and O–H groups in total. The molecule has 4 aromatic rings. The van der Waals surface area contributed by atoms with E-state index in [2.05, 4.69) is 48.6 Å². The molecule has 0 amide bonds. The summed E-state index contributed by atoms with van der Waals surface area (Å²) >= 11 is 0. The van der Waals surface area contributed by atoms with Crippen LogP contribution in [0.15, 0.2) is 97.1 Å². The second kappa shape index (κ2) is 14.4. The van der Waals surface area contributed by atoms with Gasteiger partial charge in [0.25, 0.3) is 0 Å². The van der Waals surface area contributed by atoms with Crippen molar-refractivity contribution in [3.8, 4) is 11.5 Å². The van der Waals surface area contributed by atoms with Crippen molar-refractivity contribution < 1.29 is 14.6 Å². The van der Waals surface area contributed by atoms with Gasteiger partial charge in [0, 0.05) is 36.8 Å². The zero-order valence-electron chi connectivity index (χ0n) is 21.8. The van der Waals surface area contributed by atoms with E-state index in [0.717, 1.165) is 39.8 Å². The highest BCUT2D eigenvalue weighted by Gasteiger charge is 2.15. The van der Waals surface area contributed by atoms with Crippen LogP contribution in [0.4, 0.5) is 0 Å². The molecule has 4 aromatic carbocycles. The summed E-state index contributed by atoms with van der Waals surface area (Å²) in [6, 6.07) is 32.1. The Kier molecular flexibility index (Phi) is 10.1. The van der Waals surface area contributed by atoms with Crippen molar-refractivity contribution in [1.29, 1.82) is 0 Å². The monoisotopic (exact) mass is 502 g/mol. The Morgan fingerprint density at radius 3 is 1.55 bits per heavy atom. The summed E-state index contributed by atoms with van der Waals surface area (Å²) in [5.74, 6) is 0.803. The fraction of sp³-hybridized carbons (Fsp3) is 0.143. The lowest BCUT2D eigenvalue weighted by Crippen LogP contribution is -2.05. The third kappa shape index (κ3) is 7.83. The quantitative estimate of drug-likeness (QED) is 0.155. The molecule has 3 nitrogen and oxygen atoms in total. The van der Waals surface area contributed by atoms with E-state index in [4.69, 9.17) is 9.47 Å². The molecule has 0 aliphatic heterocycles. The second-order valence-corrected chi connectivity index (χ2v) is 8.77. The number of phenolic OH excluding ortho intramolecular Hbond substituents is 1. The molecule has 0 fully saturated rings. The third-order valence-corrected chi connectivity index (χ3v) is 6.01. The fourth-order valence-electron chi connectivity index (χ4n) is 4.06. The molecule has 0 aromatic heterocycles. The minimum Gasteiger partial charge on any atom is -0.507 e. The molecule has 0 atom stereocenters. The summed E-state index contributed by atoms with van der Waals surface area (Å²) < 4.78 is 11.7. The molecule has 192 valence electrons. The van der Waals surface area contributed by atoms with E-state index < -0.39 is 0 Å². The second-order valence-electron chi connectivity index (χ2n) is 8.77. The Hall–Kier alpha value is -4.34. The largest absolute Gasteiger partial charge is 0.507 e. The number of rotatable bonds is 12. The van der Waals surface area contributed by atoms with Gasteiger partial charge in [0.05, 0.1) is 6.61 Å². The first-order valence-electron chi connectivity index (χ1n) is 13.0. The topological polar surface area (TPSA) is 38.7 Å². The van der Waals surface area contributed by atoms with Crippen molar-refractivity contribution in [2.75, 3.05) is 19.8 Å². The molecule has 0 saturated heterocycles. The highest BCUT2D eigenvalue weighted by atomic mass is 16.5. The molecule has 3 heteroatoms. The molecule has 0 bridgehead atoms. The SMILES string of the molecule is CCOCCCOc1cc(O)c(C=Cc2ccccc2)c(C=Cc2ccccc2)c1C=Cc1ccccc1. The van der Waals surface area contributed by atoms with Crippen LogP contribution in [0.5, 0.6) is 11.5 Å². The van der Waals surface area contributed by atoms with Crippen molar-refractivity contribution in [3.05, 3.63) is 130 Å². The van der Waals surface area contributed by atoms with Gasteiger partial charge in [0.1, 0.15) is 11.5 Å². The van der Waals surface area contributed by atoms with Gasteiger partial charge in [-0.15, -0.1) is 0 Å². The summed E-state index contributed by atoms with van der Waals surface area (Å²) in [6.45, 7) is 3.80. The zero-order valence-corrected chi connectivity index (χ0v) is 21.8. The van der Waals surface area contributed by atoms with E-state index in [0.29, 0.717) is 25.6 Å². The standard InChI is InChI=1S/C35H34O3/c1-2-37-25-12-26-38-35-27-34(36)32(23-20-29-15-8-4-9-16-29)31(22-19-28-13-6-3-7-14-28)33(35)24-21-30-17-10-5-11-18-30/h3-11,13-24,27,36H,2,12,25-26H2,1H3. The van der Waals surface area contributed by atoms with Gasteiger partial charge in [-0.1, -0.05) is 127 Å². The minimum atomic E-state index is 0.168. The molecule has 0 aliphatic carbocycles. The molecule has 0 radical (unpaired) electrons. The van der Waals surface area contributed by atoms with Crippen molar-refractivity contribution in [3.63, 3.8) is 0 Å². The van der Waals surface area contributed by atoms with E-state index in [1.165, 1.54) is 0 Å². The summed E-state index contributed by atoms with van der Waals surface area (Å²) in [7, 11) is 0. The maximum atomic E-state index is 11.2. The molecule has 0 spiro atoms. The lowest BCUT2D eigenvalue weighted by molar-refractivity contribution is 0.131. The predicted molar refractivity (Wildman–Crippen MR) is 161 cm³/mol. The average molecular weight is 503 g/mol. The maximum absolute atomic E-state index is 11.2. The molecular weight excluding hydrogens is 468 g/mol. The van der Waals surface area contributed by atoms with Crippen molar-refractivity contribution in [1.82, 2.24) is 0 Å². The van der Waals surface area contributed by atoms with Gasteiger partial charge < -0.3 is 14.6 Å². The number of hydrogen-bond acceptors (Lipinski definition) is 3. The molecule has 0 unspecified atom stereocenters. The van der Waals surface area contributed by atoms with E-state index in [-0.39, 0.29) is 5.75 Å². The Bertz CT molecular complexity index is 1350.